The molecule has 0 heterocycles. The van der Waals surface area contributed by atoms with Crippen molar-refractivity contribution in [2.24, 2.45) is 17.4 Å². The molecule has 0 radical (unpaired) electrons. The summed E-state index contributed by atoms with van der Waals surface area (Å²) < 4.78 is 0. The first-order chi connectivity index (χ1) is 10.1. The van der Waals surface area contributed by atoms with Crippen molar-refractivity contribution in [3.05, 3.63) is 29.8 Å². The number of nitrogen functional groups attached to an aromatic ring is 1. The second-order valence-corrected chi connectivity index (χ2v) is 5.46. The molecule has 0 aliphatic rings. The van der Waals surface area contributed by atoms with Crippen molar-refractivity contribution in [2.45, 2.75) is 38.8 Å². The molecule has 0 unspecified atom stereocenters. The molecule has 2 atom stereocenters. The number of anilines is 1. The van der Waals surface area contributed by atoms with Gasteiger partial charge in [-0.05, 0) is 36.5 Å². The zero-order valence-electron chi connectivity index (χ0n) is 12.9. The molecule has 0 fully saturated rings. The summed E-state index contributed by atoms with van der Waals surface area (Å²) in [6.45, 7) is 3.89. The predicted octanol–water partition coefficient (Wildman–Crippen LogP) is 0.668. The second-order valence-electron chi connectivity index (χ2n) is 5.46. The number of hydrogen-bond acceptors (Lipinski definition) is 5. The highest BCUT2D eigenvalue weighted by Crippen LogP contribution is 2.07. The summed E-state index contributed by atoms with van der Waals surface area (Å²) in [7, 11) is 0. The number of rotatable bonds is 6. The number of nitrogens with two attached hydrogens (primary N) is 3. The average molecular weight is 311 g/mol. The fourth-order valence-electron chi connectivity index (χ4n) is 1.60. The Bertz CT molecular complexity index is 474. The molecule has 1 aromatic rings. The smallest absolute Gasteiger partial charge is 0.320 e. The molecular weight excluding hydrogens is 286 g/mol. The molecule has 0 spiro atoms. The van der Waals surface area contributed by atoms with E-state index in [-0.39, 0.29) is 0 Å². The number of aliphatic carboxylic acids is 2. The molecule has 124 valence electrons. The van der Waals surface area contributed by atoms with Gasteiger partial charge in [0.2, 0.25) is 0 Å². The van der Waals surface area contributed by atoms with Crippen LogP contribution < -0.4 is 17.2 Å². The monoisotopic (exact) mass is 311 g/mol. The van der Waals surface area contributed by atoms with Crippen LogP contribution in [0, 0.1) is 5.92 Å². The average Bonchev–Trinajstić information content (AvgIpc) is 2.41. The molecule has 8 N–H and O–H groups in total. The number of benzene rings is 1. The van der Waals surface area contributed by atoms with Gasteiger partial charge in [-0.15, -0.1) is 0 Å². The van der Waals surface area contributed by atoms with Gasteiger partial charge in [0, 0.05) is 5.69 Å². The Morgan fingerprint density at radius 1 is 1.00 bits per heavy atom. The van der Waals surface area contributed by atoms with Gasteiger partial charge >= 0.3 is 11.9 Å². The molecule has 22 heavy (non-hydrogen) atoms. The van der Waals surface area contributed by atoms with E-state index >= 15 is 0 Å². The van der Waals surface area contributed by atoms with Gasteiger partial charge in [-0.1, -0.05) is 26.0 Å². The Hall–Kier alpha value is -2.12. The highest BCUT2D eigenvalue weighted by molar-refractivity contribution is 5.73. The fourth-order valence-corrected chi connectivity index (χ4v) is 1.60. The highest BCUT2D eigenvalue weighted by atomic mass is 16.4. The van der Waals surface area contributed by atoms with Gasteiger partial charge in [0.15, 0.2) is 0 Å². The molecule has 0 amide bonds. The summed E-state index contributed by atoms with van der Waals surface area (Å²) in [4.78, 5) is 20.5. The lowest BCUT2D eigenvalue weighted by Crippen LogP contribution is -2.32. The third-order valence-electron chi connectivity index (χ3n) is 2.80. The normalized spacial score (nSPS) is 13.0. The minimum Gasteiger partial charge on any atom is -0.480 e. The quantitative estimate of drug-likeness (QED) is 0.484. The Kier molecular flexibility index (Phi) is 8.81. The van der Waals surface area contributed by atoms with Gasteiger partial charge < -0.3 is 27.4 Å². The molecule has 0 saturated heterocycles. The van der Waals surface area contributed by atoms with Crippen molar-refractivity contribution in [1.82, 2.24) is 0 Å². The maximum atomic E-state index is 10.4. The molecule has 0 aromatic heterocycles. The Balaban J connectivity index is 0.000000433. The van der Waals surface area contributed by atoms with Crippen LogP contribution in [0.15, 0.2) is 24.3 Å². The predicted molar refractivity (Wildman–Crippen MR) is 85.2 cm³/mol. The molecule has 7 nitrogen and oxygen atoms in total. The van der Waals surface area contributed by atoms with Crippen molar-refractivity contribution in [3.63, 3.8) is 0 Å². The summed E-state index contributed by atoms with van der Waals surface area (Å²) in [6, 6.07) is 5.47. The lowest BCUT2D eigenvalue weighted by molar-refractivity contribution is -0.139. The Morgan fingerprint density at radius 2 is 1.45 bits per heavy atom. The molecular formula is C15H25N3O4. The molecule has 0 bridgehead atoms. The van der Waals surface area contributed by atoms with Crippen molar-refractivity contribution in [3.8, 4) is 0 Å². The van der Waals surface area contributed by atoms with Gasteiger partial charge in [-0.25, -0.2) is 0 Å². The maximum Gasteiger partial charge on any atom is 0.320 e. The molecule has 1 rings (SSSR count). The Morgan fingerprint density at radius 3 is 1.77 bits per heavy atom. The molecule has 0 aliphatic heterocycles. The lowest BCUT2D eigenvalue weighted by atomic mass is 10.1. The minimum absolute atomic E-state index is 0.329. The van der Waals surface area contributed by atoms with E-state index in [2.05, 4.69) is 0 Å². The minimum atomic E-state index is -0.989. The summed E-state index contributed by atoms with van der Waals surface area (Å²) in [5, 5.41) is 16.9. The van der Waals surface area contributed by atoms with Gasteiger partial charge in [-0.3, -0.25) is 9.59 Å². The standard InChI is InChI=1S/C9H12N2O2.C6H13NO2/c10-7-3-1-6(2-4-7)5-8(11)9(12)13;1-4(2)3-5(7)6(8)9/h1-4,8H,5,10-11H2,(H,12,13);4-5H,3,7H2,1-2H3,(H,8,9)/t8-;5-/m00/s1. The fraction of sp³-hybridized carbons (Fsp3) is 0.467. The van der Waals surface area contributed by atoms with E-state index in [4.69, 9.17) is 27.4 Å². The number of carboxylic acids is 2. The summed E-state index contributed by atoms with van der Waals surface area (Å²) in [5.41, 5.74) is 17.6. The van der Waals surface area contributed by atoms with Crippen LogP contribution in [0.1, 0.15) is 25.8 Å². The zero-order chi connectivity index (χ0) is 17.3. The summed E-state index contributed by atoms with van der Waals surface area (Å²) in [5.74, 6) is -1.54. The highest BCUT2D eigenvalue weighted by Gasteiger charge is 2.12. The molecule has 1 aromatic carbocycles. The van der Waals surface area contributed by atoms with Crippen molar-refractivity contribution in [2.75, 3.05) is 5.73 Å². The van der Waals surface area contributed by atoms with Gasteiger partial charge in [0.25, 0.3) is 0 Å². The third kappa shape index (κ3) is 8.93. The first-order valence-electron chi connectivity index (χ1n) is 6.94. The molecule has 0 saturated carbocycles. The van der Waals surface area contributed by atoms with Crippen molar-refractivity contribution in [1.29, 1.82) is 0 Å². The van der Waals surface area contributed by atoms with E-state index in [0.717, 1.165) is 5.56 Å². The SMILES string of the molecule is CC(C)C[C@H](N)C(=O)O.Nc1ccc(C[C@H](N)C(=O)O)cc1. The lowest BCUT2D eigenvalue weighted by Gasteiger charge is -2.07. The number of carboxylic acid groups (broad SMARTS) is 2. The zero-order valence-corrected chi connectivity index (χ0v) is 12.9. The van der Waals surface area contributed by atoms with Crippen molar-refractivity contribution >= 4 is 17.6 Å². The Labute approximate surface area is 130 Å². The van der Waals surface area contributed by atoms with Gasteiger partial charge in [-0.2, -0.15) is 0 Å². The van der Waals surface area contributed by atoms with E-state index in [9.17, 15) is 9.59 Å². The van der Waals surface area contributed by atoms with Crippen LogP contribution in [0.3, 0.4) is 0 Å². The number of hydrogen-bond donors (Lipinski definition) is 5. The van der Waals surface area contributed by atoms with Gasteiger partial charge in [0.05, 0.1) is 0 Å². The first kappa shape index (κ1) is 19.9. The largest absolute Gasteiger partial charge is 0.480 e. The van der Waals surface area contributed by atoms with E-state index in [1.54, 1.807) is 24.3 Å². The van der Waals surface area contributed by atoms with Crippen LogP contribution in [0.25, 0.3) is 0 Å². The van der Waals surface area contributed by atoms with Crippen LogP contribution in [0.2, 0.25) is 0 Å². The van der Waals surface area contributed by atoms with Crippen LogP contribution in [-0.4, -0.2) is 34.2 Å². The van der Waals surface area contributed by atoms with E-state index < -0.39 is 24.0 Å². The molecule has 7 heteroatoms. The van der Waals surface area contributed by atoms with E-state index in [0.29, 0.717) is 24.4 Å². The van der Waals surface area contributed by atoms with Gasteiger partial charge in [0.1, 0.15) is 12.1 Å². The van der Waals surface area contributed by atoms with Crippen molar-refractivity contribution < 1.29 is 19.8 Å². The maximum absolute atomic E-state index is 10.4. The summed E-state index contributed by atoms with van der Waals surface area (Å²) in [6.07, 6.45) is 0.880. The second kappa shape index (κ2) is 9.75. The topological polar surface area (TPSA) is 153 Å². The van der Waals surface area contributed by atoms with Crippen LogP contribution >= 0.6 is 0 Å². The first-order valence-corrected chi connectivity index (χ1v) is 6.94. The van der Waals surface area contributed by atoms with Crippen LogP contribution in [0.4, 0.5) is 5.69 Å². The van der Waals surface area contributed by atoms with E-state index in [1.807, 2.05) is 13.8 Å². The summed E-state index contributed by atoms with van der Waals surface area (Å²) >= 11 is 0. The van der Waals surface area contributed by atoms with Crippen LogP contribution in [0.5, 0.6) is 0 Å². The van der Waals surface area contributed by atoms with E-state index in [1.165, 1.54) is 0 Å². The molecule has 0 aliphatic carbocycles. The third-order valence-corrected chi connectivity index (χ3v) is 2.80. The van der Waals surface area contributed by atoms with Crippen LogP contribution in [-0.2, 0) is 16.0 Å². The number of carbonyl (C=O) groups is 2.